The predicted molar refractivity (Wildman–Crippen MR) is 63.3 cm³/mol. The lowest BCUT2D eigenvalue weighted by Crippen LogP contribution is -2.29. The molecule has 0 spiro atoms. The first-order chi connectivity index (χ1) is 7.58. The summed E-state index contributed by atoms with van der Waals surface area (Å²) in [4.78, 5) is 14.3. The highest BCUT2D eigenvalue weighted by Crippen LogP contribution is 2.20. The highest BCUT2D eigenvalue weighted by Gasteiger charge is 2.25. The van der Waals surface area contributed by atoms with Crippen LogP contribution in [0.1, 0.15) is 23.7 Å². The van der Waals surface area contributed by atoms with Gasteiger partial charge in [-0.3, -0.25) is 4.79 Å². The molecule has 1 atom stereocenters. The quantitative estimate of drug-likeness (QED) is 0.747. The number of hydrogen-bond acceptors (Lipinski definition) is 2. The molecule has 1 fully saturated rings. The average molecular weight is 239 g/mol. The third kappa shape index (κ3) is 2.21. The van der Waals surface area contributed by atoms with Gasteiger partial charge in [-0.15, -0.1) is 12.6 Å². The molecule has 1 amide bonds. The van der Waals surface area contributed by atoms with Gasteiger partial charge in [0.2, 0.25) is 0 Å². The number of hydrogen-bond donors (Lipinski definition) is 1. The van der Waals surface area contributed by atoms with E-state index >= 15 is 0 Å². The summed E-state index contributed by atoms with van der Waals surface area (Å²) in [7, 11) is 0. The summed E-state index contributed by atoms with van der Waals surface area (Å²) in [5.41, 5.74) is 0.126. The van der Waals surface area contributed by atoms with E-state index in [1.807, 2.05) is 0 Å². The standard InChI is InChI=1S/C12H14FNOS/c1-8-4-5-14(7-8)12(15)10-6-9(16)2-3-11(10)13/h2-3,6,8,16H,4-5,7H2,1H3. The molecule has 1 aromatic rings. The van der Waals surface area contributed by atoms with Gasteiger partial charge in [0.15, 0.2) is 0 Å². The van der Waals surface area contributed by atoms with Crippen LogP contribution in [-0.2, 0) is 0 Å². The molecule has 1 saturated heterocycles. The zero-order chi connectivity index (χ0) is 11.7. The molecule has 0 radical (unpaired) electrons. The smallest absolute Gasteiger partial charge is 0.256 e. The summed E-state index contributed by atoms with van der Waals surface area (Å²) in [5, 5.41) is 0. The van der Waals surface area contributed by atoms with Crippen LogP contribution in [0.25, 0.3) is 0 Å². The lowest BCUT2D eigenvalue weighted by atomic mass is 10.1. The van der Waals surface area contributed by atoms with Crippen molar-refractivity contribution in [1.29, 1.82) is 0 Å². The molecule has 1 aromatic carbocycles. The van der Waals surface area contributed by atoms with Crippen LogP contribution < -0.4 is 0 Å². The molecule has 2 nitrogen and oxygen atoms in total. The second kappa shape index (κ2) is 4.45. The Morgan fingerprint density at radius 1 is 1.56 bits per heavy atom. The number of halogens is 1. The van der Waals surface area contributed by atoms with Gasteiger partial charge in [0.1, 0.15) is 5.82 Å². The minimum absolute atomic E-state index is 0.126. The van der Waals surface area contributed by atoms with E-state index in [1.165, 1.54) is 12.1 Å². The molecule has 2 rings (SSSR count). The topological polar surface area (TPSA) is 20.3 Å². The molecule has 0 N–H and O–H groups in total. The monoisotopic (exact) mass is 239 g/mol. The summed E-state index contributed by atoms with van der Waals surface area (Å²) >= 11 is 4.12. The maximum Gasteiger partial charge on any atom is 0.256 e. The molecular formula is C12H14FNOS. The molecule has 1 aliphatic heterocycles. The molecule has 0 aromatic heterocycles. The largest absolute Gasteiger partial charge is 0.338 e. The fourth-order valence-corrected chi connectivity index (χ4v) is 2.17. The first kappa shape index (κ1) is 11.5. The van der Waals surface area contributed by atoms with Gasteiger partial charge in [-0.1, -0.05) is 6.92 Å². The Labute approximate surface area is 99.9 Å². The zero-order valence-electron chi connectivity index (χ0n) is 9.11. The second-order valence-corrected chi connectivity index (χ2v) is 4.83. The van der Waals surface area contributed by atoms with Crippen LogP contribution in [0.2, 0.25) is 0 Å². The Hall–Kier alpha value is -1.03. The molecule has 0 aliphatic carbocycles. The van der Waals surface area contributed by atoms with E-state index in [0.717, 1.165) is 19.5 Å². The Morgan fingerprint density at radius 2 is 2.31 bits per heavy atom. The van der Waals surface area contributed by atoms with E-state index in [-0.39, 0.29) is 11.5 Å². The van der Waals surface area contributed by atoms with Crippen molar-refractivity contribution < 1.29 is 9.18 Å². The number of carbonyl (C=O) groups is 1. The first-order valence-corrected chi connectivity index (χ1v) is 5.80. The summed E-state index contributed by atoms with van der Waals surface area (Å²) < 4.78 is 13.5. The zero-order valence-corrected chi connectivity index (χ0v) is 10.0. The van der Waals surface area contributed by atoms with Gasteiger partial charge in [0.25, 0.3) is 5.91 Å². The SMILES string of the molecule is CC1CCN(C(=O)c2cc(S)ccc2F)C1. The van der Waals surface area contributed by atoms with Crippen LogP contribution in [0.3, 0.4) is 0 Å². The van der Waals surface area contributed by atoms with Crippen molar-refractivity contribution in [2.75, 3.05) is 13.1 Å². The van der Waals surface area contributed by atoms with Crippen molar-refractivity contribution in [3.05, 3.63) is 29.6 Å². The van der Waals surface area contributed by atoms with E-state index in [2.05, 4.69) is 19.6 Å². The van der Waals surface area contributed by atoms with Crippen LogP contribution in [0, 0.1) is 11.7 Å². The van der Waals surface area contributed by atoms with Gasteiger partial charge in [-0.05, 0) is 30.5 Å². The number of amides is 1. The van der Waals surface area contributed by atoms with Crippen LogP contribution >= 0.6 is 12.6 Å². The lowest BCUT2D eigenvalue weighted by molar-refractivity contribution is 0.0783. The lowest BCUT2D eigenvalue weighted by Gasteiger charge is -2.16. The fraction of sp³-hybridized carbons (Fsp3) is 0.417. The molecule has 0 bridgehead atoms. The van der Waals surface area contributed by atoms with Crippen LogP contribution in [-0.4, -0.2) is 23.9 Å². The summed E-state index contributed by atoms with van der Waals surface area (Å²) in [6, 6.07) is 4.32. The van der Waals surface area contributed by atoms with Gasteiger partial charge < -0.3 is 4.90 Å². The van der Waals surface area contributed by atoms with E-state index in [1.54, 1.807) is 11.0 Å². The maximum atomic E-state index is 13.5. The summed E-state index contributed by atoms with van der Waals surface area (Å²) in [6.45, 7) is 3.53. The Morgan fingerprint density at radius 3 is 2.94 bits per heavy atom. The van der Waals surface area contributed by atoms with Crippen molar-refractivity contribution in [3.8, 4) is 0 Å². The maximum absolute atomic E-state index is 13.5. The van der Waals surface area contributed by atoms with Crippen LogP contribution in [0.4, 0.5) is 4.39 Å². The Balaban J connectivity index is 2.23. The number of benzene rings is 1. The molecule has 4 heteroatoms. The van der Waals surface area contributed by atoms with Crippen molar-refractivity contribution in [1.82, 2.24) is 4.90 Å². The molecule has 16 heavy (non-hydrogen) atoms. The molecule has 86 valence electrons. The van der Waals surface area contributed by atoms with Crippen molar-refractivity contribution in [2.24, 2.45) is 5.92 Å². The number of carbonyl (C=O) groups excluding carboxylic acids is 1. The van der Waals surface area contributed by atoms with Gasteiger partial charge in [-0.2, -0.15) is 0 Å². The number of nitrogens with zero attached hydrogens (tertiary/aromatic N) is 1. The van der Waals surface area contributed by atoms with E-state index in [0.29, 0.717) is 10.8 Å². The van der Waals surface area contributed by atoms with Crippen LogP contribution in [0.15, 0.2) is 23.1 Å². The molecule has 1 aliphatic rings. The third-order valence-corrected chi connectivity index (χ3v) is 3.17. The summed E-state index contributed by atoms with van der Waals surface area (Å²) in [6.07, 6.45) is 0.994. The molecule has 1 unspecified atom stereocenters. The predicted octanol–water partition coefficient (Wildman–Crippen LogP) is 2.60. The normalized spacial score (nSPS) is 20.2. The van der Waals surface area contributed by atoms with Crippen molar-refractivity contribution in [3.63, 3.8) is 0 Å². The number of likely N-dealkylation sites (tertiary alicyclic amines) is 1. The average Bonchev–Trinajstić information content (AvgIpc) is 2.67. The van der Waals surface area contributed by atoms with E-state index in [9.17, 15) is 9.18 Å². The molecule has 0 saturated carbocycles. The van der Waals surface area contributed by atoms with Crippen molar-refractivity contribution in [2.45, 2.75) is 18.2 Å². The molecular weight excluding hydrogens is 225 g/mol. The molecule has 1 heterocycles. The van der Waals surface area contributed by atoms with E-state index < -0.39 is 5.82 Å². The van der Waals surface area contributed by atoms with Gasteiger partial charge in [0, 0.05) is 18.0 Å². The fourth-order valence-electron chi connectivity index (χ4n) is 1.97. The third-order valence-electron chi connectivity index (χ3n) is 2.89. The minimum atomic E-state index is -0.470. The van der Waals surface area contributed by atoms with Crippen LogP contribution in [0.5, 0.6) is 0 Å². The first-order valence-electron chi connectivity index (χ1n) is 5.35. The summed E-state index contributed by atoms with van der Waals surface area (Å²) in [5.74, 6) is -0.189. The van der Waals surface area contributed by atoms with Gasteiger partial charge in [0.05, 0.1) is 5.56 Å². The van der Waals surface area contributed by atoms with E-state index in [4.69, 9.17) is 0 Å². The number of rotatable bonds is 1. The van der Waals surface area contributed by atoms with Gasteiger partial charge >= 0.3 is 0 Å². The van der Waals surface area contributed by atoms with Gasteiger partial charge in [-0.25, -0.2) is 4.39 Å². The Kier molecular flexibility index (Phi) is 3.19. The highest BCUT2D eigenvalue weighted by atomic mass is 32.1. The number of thiol groups is 1. The van der Waals surface area contributed by atoms with Crippen molar-refractivity contribution >= 4 is 18.5 Å². The highest BCUT2D eigenvalue weighted by molar-refractivity contribution is 7.80. The second-order valence-electron chi connectivity index (χ2n) is 4.31. The Bertz CT molecular complexity index is 421. The minimum Gasteiger partial charge on any atom is -0.338 e.